The lowest BCUT2D eigenvalue weighted by molar-refractivity contribution is 0.193. The first-order chi connectivity index (χ1) is 7.16. The van der Waals surface area contributed by atoms with Gasteiger partial charge < -0.3 is 21.1 Å². The van der Waals surface area contributed by atoms with Gasteiger partial charge in [-0.25, -0.2) is 0 Å². The van der Waals surface area contributed by atoms with Crippen LogP contribution in [0.5, 0.6) is 0 Å². The molecular weight excluding hydrogens is 194 g/mol. The summed E-state index contributed by atoms with van der Waals surface area (Å²) in [5.74, 6) is 1.34. The molecule has 6 nitrogen and oxygen atoms in total. The summed E-state index contributed by atoms with van der Waals surface area (Å²) in [5.41, 5.74) is 11.1. The van der Waals surface area contributed by atoms with E-state index in [-0.39, 0.29) is 5.95 Å². The van der Waals surface area contributed by atoms with Gasteiger partial charge in [-0.2, -0.15) is 9.97 Å². The summed E-state index contributed by atoms with van der Waals surface area (Å²) in [7, 11) is 1.96. The average Bonchev–Trinajstić information content (AvgIpc) is 2.67. The SMILES string of the molecule is CN(c1cc(N)nc(N)n1)C1CCOC1. The van der Waals surface area contributed by atoms with Gasteiger partial charge in [0, 0.05) is 19.7 Å². The Hall–Kier alpha value is -1.56. The van der Waals surface area contributed by atoms with E-state index in [0.717, 1.165) is 25.5 Å². The zero-order chi connectivity index (χ0) is 10.8. The number of nitrogens with zero attached hydrogens (tertiary/aromatic N) is 3. The summed E-state index contributed by atoms with van der Waals surface area (Å²) in [6.45, 7) is 1.52. The molecule has 1 aliphatic rings. The molecule has 0 radical (unpaired) electrons. The van der Waals surface area contributed by atoms with Gasteiger partial charge in [0.2, 0.25) is 5.95 Å². The predicted octanol–water partition coefficient (Wildman–Crippen LogP) is -0.134. The molecule has 0 amide bonds. The Kier molecular flexibility index (Phi) is 2.59. The molecule has 2 heterocycles. The van der Waals surface area contributed by atoms with Crippen molar-refractivity contribution in [1.29, 1.82) is 0 Å². The number of nitrogens with two attached hydrogens (primary N) is 2. The van der Waals surface area contributed by atoms with Crippen molar-refractivity contribution < 1.29 is 4.74 Å². The second-order valence-electron chi connectivity index (χ2n) is 3.64. The highest BCUT2D eigenvalue weighted by Crippen LogP contribution is 2.19. The fourth-order valence-electron chi connectivity index (χ4n) is 1.67. The molecular formula is C9H15N5O. The molecule has 4 N–H and O–H groups in total. The van der Waals surface area contributed by atoms with Gasteiger partial charge in [-0.05, 0) is 6.42 Å². The van der Waals surface area contributed by atoms with Gasteiger partial charge in [-0.1, -0.05) is 0 Å². The quantitative estimate of drug-likeness (QED) is 0.705. The third kappa shape index (κ3) is 2.10. The molecule has 1 aromatic heterocycles. The number of hydrogen-bond donors (Lipinski definition) is 2. The van der Waals surface area contributed by atoms with Crippen LogP contribution < -0.4 is 16.4 Å². The fourth-order valence-corrected chi connectivity index (χ4v) is 1.67. The summed E-state index contributed by atoms with van der Waals surface area (Å²) >= 11 is 0. The Morgan fingerprint density at radius 3 is 2.87 bits per heavy atom. The van der Waals surface area contributed by atoms with Crippen LogP contribution >= 0.6 is 0 Å². The van der Waals surface area contributed by atoms with E-state index in [1.54, 1.807) is 6.07 Å². The van der Waals surface area contributed by atoms with E-state index in [9.17, 15) is 0 Å². The number of ether oxygens (including phenoxy) is 1. The zero-order valence-corrected chi connectivity index (χ0v) is 8.68. The van der Waals surface area contributed by atoms with Crippen molar-refractivity contribution in [3.63, 3.8) is 0 Å². The van der Waals surface area contributed by atoms with Gasteiger partial charge in [0.25, 0.3) is 0 Å². The van der Waals surface area contributed by atoms with Gasteiger partial charge in [0.05, 0.1) is 12.6 Å². The Morgan fingerprint density at radius 2 is 2.27 bits per heavy atom. The van der Waals surface area contributed by atoms with Crippen molar-refractivity contribution in [2.24, 2.45) is 0 Å². The van der Waals surface area contributed by atoms with Gasteiger partial charge in [0.1, 0.15) is 11.6 Å². The molecule has 1 aromatic rings. The van der Waals surface area contributed by atoms with Crippen LogP contribution in [-0.2, 0) is 4.74 Å². The molecule has 6 heteroatoms. The number of hydrogen-bond acceptors (Lipinski definition) is 6. The van der Waals surface area contributed by atoms with Crippen LogP contribution in [0, 0.1) is 0 Å². The van der Waals surface area contributed by atoms with E-state index in [4.69, 9.17) is 16.2 Å². The maximum absolute atomic E-state index is 5.61. The number of aromatic nitrogens is 2. The minimum absolute atomic E-state index is 0.204. The van der Waals surface area contributed by atoms with Gasteiger partial charge in [-0.3, -0.25) is 0 Å². The highest BCUT2D eigenvalue weighted by Gasteiger charge is 2.21. The molecule has 2 rings (SSSR count). The van der Waals surface area contributed by atoms with E-state index in [1.165, 1.54) is 0 Å². The third-order valence-electron chi connectivity index (χ3n) is 2.56. The first-order valence-electron chi connectivity index (χ1n) is 4.87. The topological polar surface area (TPSA) is 90.3 Å². The maximum atomic E-state index is 5.61. The summed E-state index contributed by atoms with van der Waals surface area (Å²) in [4.78, 5) is 9.99. The molecule has 1 aliphatic heterocycles. The molecule has 1 atom stereocenters. The normalized spacial score (nSPS) is 20.5. The Balaban J connectivity index is 2.20. The monoisotopic (exact) mass is 209 g/mol. The predicted molar refractivity (Wildman–Crippen MR) is 58.5 cm³/mol. The van der Waals surface area contributed by atoms with Crippen molar-refractivity contribution in [3.8, 4) is 0 Å². The Morgan fingerprint density at radius 1 is 1.47 bits per heavy atom. The maximum Gasteiger partial charge on any atom is 0.223 e. The van der Waals surface area contributed by atoms with Gasteiger partial charge in [-0.15, -0.1) is 0 Å². The molecule has 15 heavy (non-hydrogen) atoms. The molecule has 82 valence electrons. The van der Waals surface area contributed by atoms with Crippen LogP contribution in [0.1, 0.15) is 6.42 Å². The molecule has 0 spiro atoms. The first kappa shape index (κ1) is 9.97. The van der Waals surface area contributed by atoms with Crippen molar-refractivity contribution in [3.05, 3.63) is 6.07 Å². The number of likely N-dealkylation sites (N-methyl/N-ethyl adjacent to an activating group) is 1. The molecule has 0 saturated carbocycles. The summed E-state index contributed by atoms with van der Waals surface area (Å²) in [6.07, 6.45) is 1.00. The highest BCUT2D eigenvalue weighted by molar-refractivity contribution is 5.50. The molecule has 1 unspecified atom stereocenters. The zero-order valence-electron chi connectivity index (χ0n) is 8.68. The number of anilines is 3. The van der Waals surface area contributed by atoms with Crippen LogP contribution in [0.4, 0.5) is 17.6 Å². The fraction of sp³-hybridized carbons (Fsp3) is 0.556. The number of rotatable bonds is 2. The van der Waals surface area contributed by atoms with Gasteiger partial charge in [0.15, 0.2) is 0 Å². The van der Waals surface area contributed by atoms with Crippen molar-refractivity contribution in [1.82, 2.24) is 9.97 Å². The second-order valence-corrected chi connectivity index (χ2v) is 3.64. The standard InChI is InChI=1S/C9H15N5O/c1-14(6-2-3-15-5-6)8-4-7(10)12-9(11)13-8/h4,6H,2-3,5H2,1H3,(H4,10,11,12,13). The summed E-state index contributed by atoms with van der Waals surface area (Å²) < 4.78 is 5.31. The first-order valence-corrected chi connectivity index (χ1v) is 4.87. The number of nitrogen functional groups attached to an aromatic ring is 2. The van der Waals surface area contributed by atoms with Crippen LogP contribution in [0.2, 0.25) is 0 Å². The second kappa shape index (κ2) is 3.90. The molecule has 0 bridgehead atoms. The lowest BCUT2D eigenvalue weighted by Gasteiger charge is -2.24. The van der Waals surface area contributed by atoms with Crippen LogP contribution in [0.15, 0.2) is 6.07 Å². The van der Waals surface area contributed by atoms with Crippen LogP contribution in [0.3, 0.4) is 0 Å². The van der Waals surface area contributed by atoms with Crippen molar-refractivity contribution >= 4 is 17.6 Å². The summed E-state index contributed by atoms with van der Waals surface area (Å²) in [6, 6.07) is 2.06. The lowest BCUT2D eigenvalue weighted by Crippen LogP contribution is -2.32. The molecule has 0 aliphatic carbocycles. The average molecular weight is 209 g/mol. The van der Waals surface area contributed by atoms with E-state index >= 15 is 0 Å². The van der Waals surface area contributed by atoms with Crippen molar-refractivity contribution in [2.45, 2.75) is 12.5 Å². The molecule has 1 fully saturated rings. The largest absolute Gasteiger partial charge is 0.383 e. The summed E-state index contributed by atoms with van der Waals surface area (Å²) in [5, 5.41) is 0. The Bertz CT molecular complexity index is 330. The van der Waals surface area contributed by atoms with Crippen LogP contribution in [0.25, 0.3) is 0 Å². The van der Waals surface area contributed by atoms with E-state index in [0.29, 0.717) is 11.9 Å². The van der Waals surface area contributed by atoms with Crippen molar-refractivity contribution in [2.75, 3.05) is 36.6 Å². The minimum atomic E-state index is 0.204. The van der Waals surface area contributed by atoms with Gasteiger partial charge >= 0.3 is 0 Å². The van der Waals surface area contributed by atoms with E-state index in [2.05, 4.69) is 9.97 Å². The minimum Gasteiger partial charge on any atom is -0.383 e. The lowest BCUT2D eigenvalue weighted by atomic mass is 10.2. The molecule has 1 saturated heterocycles. The molecule has 0 aromatic carbocycles. The van der Waals surface area contributed by atoms with E-state index < -0.39 is 0 Å². The Labute approximate surface area is 88.2 Å². The van der Waals surface area contributed by atoms with E-state index in [1.807, 2.05) is 11.9 Å². The highest BCUT2D eigenvalue weighted by atomic mass is 16.5. The smallest absolute Gasteiger partial charge is 0.223 e. The third-order valence-corrected chi connectivity index (χ3v) is 2.56. The van der Waals surface area contributed by atoms with Crippen LogP contribution in [-0.4, -0.2) is 36.3 Å².